The highest BCUT2D eigenvalue weighted by Crippen LogP contribution is 2.29. The number of hydrogen-bond acceptors (Lipinski definition) is 5. The van der Waals surface area contributed by atoms with Gasteiger partial charge in [0.05, 0.1) is 17.7 Å². The Hall–Kier alpha value is -3.56. The van der Waals surface area contributed by atoms with Crippen LogP contribution in [0.5, 0.6) is 5.75 Å². The third-order valence-electron chi connectivity index (χ3n) is 6.67. The lowest BCUT2D eigenvalue weighted by atomic mass is 10.1. The number of aryl methyl sites for hydroxylation is 2. The second kappa shape index (κ2) is 13.9. The number of anilines is 1. The lowest BCUT2D eigenvalue weighted by molar-refractivity contribution is -0.139. The summed E-state index contributed by atoms with van der Waals surface area (Å²) in [6, 6.07) is 17.6. The molecule has 0 aliphatic carbocycles. The smallest absolute Gasteiger partial charge is 0.264 e. The maximum atomic E-state index is 14.0. The van der Waals surface area contributed by atoms with Gasteiger partial charge in [-0.1, -0.05) is 61.3 Å². The number of nitrogens with one attached hydrogen (secondary N) is 1. The highest BCUT2D eigenvalue weighted by molar-refractivity contribution is 7.92. The van der Waals surface area contributed by atoms with E-state index in [4.69, 9.17) is 16.3 Å². The van der Waals surface area contributed by atoms with Gasteiger partial charge in [0.2, 0.25) is 11.8 Å². The van der Waals surface area contributed by atoms with Gasteiger partial charge in [0.25, 0.3) is 10.0 Å². The SMILES string of the molecule is COc1cccc(CN(C(=O)CN(c2ccc(C)c(Cl)c2)S(=O)(=O)c2ccc(C)cc2)[C@@H](C)C(=O)NCC(C)C)c1. The molecular formula is C31H38ClN3O5S. The molecule has 0 bridgehead atoms. The van der Waals surface area contributed by atoms with E-state index in [1.54, 1.807) is 56.5 Å². The number of carbonyl (C=O) groups excluding carboxylic acids is 2. The molecular weight excluding hydrogens is 562 g/mol. The highest BCUT2D eigenvalue weighted by Gasteiger charge is 2.32. The van der Waals surface area contributed by atoms with Crippen molar-refractivity contribution in [2.24, 2.45) is 5.92 Å². The van der Waals surface area contributed by atoms with E-state index in [2.05, 4.69) is 5.32 Å². The summed E-state index contributed by atoms with van der Waals surface area (Å²) in [5, 5.41) is 3.25. The van der Waals surface area contributed by atoms with Crippen molar-refractivity contribution in [3.8, 4) is 5.75 Å². The fourth-order valence-corrected chi connectivity index (χ4v) is 5.69. The van der Waals surface area contributed by atoms with E-state index in [9.17, 15) is 18.0 Å². The van der Waals surface area contributed by atoms with Gasteiger partial charge < -0.3 is 15.0 Å². The Kier molecular flexibility index (Phi) is 10.8. The third kappa shape index (κ3) is 8.24. The zero-order valence-corrected chi connectivity index (χ0v) is 25.9. The van der Waals surface area contributed by atoms with Crippen LogP contribution < -0.4 is 14.4 Å². The van der Waals surface area contributed by atoms with Crippen molar-refractivity contribution in [1.29, 1.82) is 0 Å². The first kappa shape index (κ1) is 32.0. The number of carbonyl (C=O) groups is 2. The number of halogens is 1. The number of methoxy groups -OCH3 is 1. The second-order valence-corrected chi connectivity index (χ2v) is 12.7. The summed E-state index contributed by atoms with van der Waals surface area (Å²) in [6.07, 6.45) is 0. The van der Waals surface area contributed by atoms with Crippen molar-refractivity contribution in [2.75, 3.05) is 24.5 Å². The van der Waals surface area contributed by atoms with Crippen LogP contribution in [0.25, 0.3) is 0 Å². The van der Waals surface area contributed by atoms with Crippen LogP contribution in [0.15, 0.2) is 71.6 Å². The summed E-state index contributed by atoms with van der Waals surface area (Å²) >= 11 is 6.38. The van der Waals surface area contributed by atoms with Gasteiger partial charge >= 0.3 is 0 Å². The van der Waals surface area contributed by atoms with Gasteiger partial charge in [0, 0.05) is 18.1 Å². The minimum Gasteiger partial charge on any atom is -0.497 e. The van der Waals surface area contributed by atoms with Gasteiger partial charge in [0.1, 0.15) is 18.3 Å². The van der Waals surface area contributed by atoms with Gasteiger partial charge in [-0.3, -0.25) is 13.9 Å². The Bertz CT molecular complexity index is 1480. The van der Waals surface area contributed by atoms with E-state index in [-0.39, 0.29) is 29.0 Å². The Morgan fingerprint density at radius 3 is 2.27 bits per heavy atom. The van der Waals surface area contributed by atoms with Crippen molar-refractivity contribution in [1.82, 2.24) is 10.2 Å². The van der Waals surface area contributed by atoms with E-state index in [1.807, 2.05) is 33.8 Å². The summed E-state index contributed by atoms with van der Waals surface area (Å²) in [5.41, 5.74) is 2.64. The first-order chi connectivity index (χ1) is 19.3. The van der Waals surface area contributed by atoms with Crippen LogP contribution in [0, 0.1) is 19.8 Å². The van der Waals surface area contributed by atoms with Crippen molar-refractivity contribution in [2.45, 2.75) is 52.1 Å². The number of nitrogens with zero attached hydrogens (tertiary/aromatic N) is 2. The van der Waals surface area contributed by atoms with E-state index < -0.39 is 28.5 Å². The molecule has 0 aliphatic rings. The Labute approximate surface area is 248 Å². The molecule has 1 N–H and O–H groups in total. The predicted molar refractivity (Wildman–Crippen MR) is 163 cm³/mol. The predicted octanol–water partition coefficient (Wildman–Crippen LogP) is 5.35. The number of amides is 2. The minimum atomic E-state index is -4.17. The topological polar surface area (TPSA) is 96.0 Å². The quantitative estimate of drug-likeness (QED) is 0.303. The summed E-state index contributed by atoms with van der Waals surface area (Å²) in [6.45, 7) is 9.23. The standard InChI is InChI=1S/C31H38ClN3O5S/c1-21(2)18-33-31(37)24(5)34(19-25-8-7-9-27(16-25)40-6)30(36)20-35(26-13-12-23(4)29(32)17-26)41(38,39)28-14-10-22(3)11-15-28/h7-17,21,24H,18-20H2,1-6H3,(H,33,37)/t24-/m0/s1. The van der Waals surface area contributed by atoms with Crippen molar-refractivity contribution in [3.63, 3.8) is 0 Å². The van der Waals surface area contributed by atoms with E-state index >= 15 is 0 Å². The van der Waals surface area contributed by atoms with Crippen molar-refractivity contribution in [3.05, 3.63) is 88.4 Å². The minimum absolute atomic E-state index is 0.0367. The maximum absolute atomic E-state index is 14.0. The average Bonchev–Trinajstić information content (AvgIpc) is 2.94. The number of rotatable bonds is 12. The molecule has 0 fully saturated rings. The molecule has 0 aliphatic heterocycles. The van der Waals surface area contributed by atoms with Crippen LogP contribution in [-0.4, -0.2) is 51.4 Å². The largest absolute Gasteiger partial charge is 0.497 e. The van der Waals surface area contributed by atoms with Crippen LogP contribution in [0.2, 0.25) is 5.02 Å². The molecule has 0 spiro atoms. The number of ether oxygens (including phenoxy) is 1. The summed E-state index contributed by atoms with van der Waals surface area (Å²) in [4.78, 5) is 28.6. The average molecular weight is 600 g/mol. The molecule has 220 valence electrons. The number of benzene rings is 3. The van der Waals surface area contributed by atoms with Crippen molar-refractivity contribution < 1.29 is 22.7 Å². The van der Waals surface area contributed by atoms with Gasteiger partial charge in [-0.05, 0) is 74.2 Å². The molecule has 3 aromatic rings. The molecule has 2 amide bonds. The Morgan fingerprint density at radius 2 is 1.66 bits per heavy atom. The van der Waals surface area contributed by atoms with E-state index in [0.29, 0.717) is 17.3 Å². The summed E-state index contributed by atoms with van der Waals surface area (Å²) in [7, 11) is -2.63. The Morgan fingerprint density at radius 1 is 0.976 bits per heavy atom. The van der Waals surface area contributed by atoms with Crippen LogP contribution >= 0.6 is 11.6 Å². The first-order valence-electron chi connectivity index (χ1n) is 13.4. The summed E-state index contributed by atoms with van der Waals surface area (Å²) in [5.74, 6) is -0.0616. The fraction of sp³-hybridized carbons (Fsp3) is 0.355. The number of hydrogen-bond donors (Lipinski definition) is 1. The molecule has 3 rings (SSSR count). The molecule has 0 radical (unpaired) electrons. The summed E-state index contributed by atoms with van der Waals surface area (Å²) < 4.78 is 34.3. The van der Waals surface area contributed by atoms with Crippen LogP contribution in [0.4, 0.5) is 5.69 Å². The lowest BCUT2D eigenvalue weighted by Gasteiger charge is -2.32. The van der Waals surface area contributed by atoms with Crippen LogP contribution in [0.1, 0.15) is 37.5 Å². The maximum Gasteiger partial charge on any atom is 0.264 e. The molecule has 3 aromatic carbocycles. The molecule has 0 aromatic heterocycles. The lowest BCUT2D eigenvalue weighted by Crippen LogP contribution is -2.51. The normalized spacial score (nSPS) is 12.1. The molecule has 0 saturated heterocycles. The molecule has 0 heterocycles. The van der Waals surface area contributed by atoms with Gasteiger partial charge in [0.15, 0.2) is 0 Å². The van der Waals surface area contributed by atoms with Gasteiger partial charge in [-0.25, -0.2) is 8.42 Å². The van der Waals surface area contributed by atoms with Gasteiger partial charge in [-0.15, -0.1) is 0 Å². The zero-order chi connectivity index (χ0) is 30.3. The molecule has 1 atom stereocenters. The molecule has 8 nitrogen and oxygen atoms in total. The van der Waals surface area contributed by atoms with E-state index in [1.165, 1.54) is 23.1 Å². The van der Waals surface area contributed by atoms with Crippen LogP contribution in [0.3, 0.4) is 0 Å². The van der Waals surface area contributed by atoms with E-state index in [0.717, 1.165) is 21.0 Å². The third-order valence-corrected chi connectivity index (χ3v) is 8.87. The molecule has 41 heavy (non-hydrogen) atoms. The monoisotopic (exact) mass is 599 g/mol. The first-order valence-corrected chi connectivity index (χ1v) is 15.2. The van der Waals surface area contributed by atoms with Crippen molar-refractivity contribution >= 4 is 39.1 Å². The fourth-order valence-electron chi connectivity index (χ4n) is 4.11. The molecule has 0 saturated carbocycles. The highest BCUT2D eigenvalue weighted by atomic mass is 35.5. The molecule has 0 unspecified atom stereocenters. The Balaban J connectivity index is 2.05. The zero-order valence-electron chi connectivity index (χ0n) is 24.3. The van der Waals surface area contributed by atoms with Gasteiger partial charge in [-0.2, -0.15) is 0 Å². The van der Waals surface area contributed by atoms with Crippen LogP contribution in [-0.2, 0) is 26.2 Å². The second-order valence-electron chi connectivity index (χ2n) is 10.4. The molecule has 10 heteroatoms. The number of sulfonamides is 1.